The Kier molecular flexibility index (Phi) is 4.55. The molecule has 5 nitrogen and oxygen atoms in total. The SMILES string of the molecule is CCOCc1nc2c(N)nc3c(Br)cccc3c2n1CC(C)C. The van der Waals surface area contributed by atoms with Crippen molar-refractivity contribution in [1.82, 2.24) is 14.5 Å². The van der Waals surface area contributed by atoms with Gasteiger partial charge in [-0.25, -0.2) is 9.97 Å². The first-order valence-electron chi connectivity index (χ1n) is 7.83. The minimum absolute atomic E-state index is 0.458. The van der Waals surface area contributed by atoms with E-state index in [0.29, 0.717) is 24.9 Å². The number of nitrogen functional groups attached to an aromatic ring is 1. The number of hydrogen-bond acceptors (Lipinski definition) is 4. The van der Waals surface area contributed by atoms with Gasteiger partial charge in [-0.3, -0.25) is 0 Å². The molecule has 0 aliphatic heterocycles. The second-order valence-corrected chi connectivity index (χ2v) is 6.85. The van der Waals surface area contributed by atoms with Crippen molar-refractivity contribution in [2.75, 3.05) is 12.3 Å². The van der Waals surface area contributed by atoms with E-state index in [9.17, 15) is 0 Å². The van der Waals surface area contributed by atoms with Gasteiger partial charge in [0.2, 0.25) is 0 Å². The Labute approximate surface area is 144 Å². The zero-order valence-corrected chi connectivity index (χ0v) is 15.2. The molecule has 0 saturated heterocycles. The maximum Gasteiger partial charge on any atom is 0.152 e. The van der Waals surface area contributed by atoms with E-state index in [1.807, 2.05) is 19.1 Å². The van der Waals surface area contributed by atoms with Crippen LogP contribution in [0.25, 0.3) is 21.9 Å². The number of nitrogens with two attached hydrogens (primary N) is 1. The lowest BCUT2D eigenvalue weighted by atomic mass is 10.1. The molecule has 23 heavy (non-hydrogen) atoms. The van der Waals surface area contributed by atoms with E-state index in [-0.39, 0.29) is 0 Å². The van der Waals surface area contributed by atoms with E-state index in [1.54, 1.807) is 0 Å². The third kappa shape index (κ3) is 2.93. The Hall–Kier alpha value is -1.66. The summed E-state index contributed by atoms with van der Waals surface area (Å²) in [7, 11) is 0. The number of pyridine rings is 1. The normalized spacial score (nSPS) is 11.9. The van der Waals surface area contributed by atoms with E-state index in [4.69, 9.17) is 15.5 Å². The summed E-state index contributed by atoms with van der Waals surface area (Å²) < 4.78 is 8.76. The van der Waals surface area contributed by atoms with E-state index in [1.165, 1.54) is 0 Å². The molecule has 0 aliphatic rings. The molecule has 0 spiro atoms. The van der Waals surface area contributed by atoms with E-state index >= 15 is 0 Å². The second kappa shape index (κ2) is 6.45. The summed E-state index contributed by atoms with van der Waals surface area (Å²) >= 11 is 3.57. The molecule has 0 bridgehead atoms. The Morgan fingerprint density at radius 2 is 2.04 bits per heavy atom. The molecule has 0 unspecified atom stereocenters. The van der Waals surface area contributed by atoms with Crippen molar-refractivity contribution >= 4 is 43.7 Å². The van der Waals surface area contributed by atoms with Crippen LogP contribution in [0.4, 0.5) is 5.82 Å². The first-order chi connectivity index (χ1) is 11.0. The van der Waals surface area contributed by atoms with Gasteiger partial charge in [0.25, 0.3) is 0 Å². The van der Waals surface area contributed by atoms with Crippen molar-refractivity contribution in [3.8, 4) is 0 Å². The highest BCUT2D eigenvalue weighted by molar-refractivity contribution is 9.10. The summed E-state index contributed by atoms with van der Waals surface area (Å²) in [6, 6.07) is 6.06. The maximum atomic E-state index is 6.18. The number of nitrogens with zero attached hydrogens (tertiary/aromatic N) is 3. The van der Waals surface area contributed by atoms with Crippen LogP contribution < -0.4 is 5.73 Å². The van der Waals surface area contributed by atoms with Crippen LogP contribution in [0.15, 0.2) is 22.7 Å². The molecule has 2 aromatic heterocycles. The van der Waals surface area contributed by atoms with E-state index in [2.05, 4.69) is 45.4 Å². The molecule has 0 fully saturated rings. The number of rotatable bonds is 5. The predicted molar refractivity (Wildman–Crippen MR) is 97.3 cm³/mol. The number of benzene rings is 1. The van der Waals surface area contributed by atoms with Crippen molar-refractivity contribution in [3.05, 3.63) is 28.5 Å². The first-order valence-corrected chi connectivity index (χ1v) is 8.62. The fourth-order valence-corrected chi connectivity index (χ4v) is 3.26. The minimum Gasteiger partial charge on any atom is -0.382 e. The third-order valence-corrected chi connectivity index (χ3v) is 4.39. The number of fused-ring (bicyclic) bond motifs is 3. The van der Waals surface area contributed by atoms with Crippen LogP contribution in [0.2, 0.25) is 0 Å². The molecular weight excluding hydrogens is 356 g/mol. The Balaban J connectivity index is 2.36. The Morgan fingerprint density at radius 1 is 1.26 bits per heavy atom. The monoisotopic (exact) mass is 376 g/mol. The van der Waals surface area contributed by atoms with Crippen LogP contribution in [0.1, 0.15) is 26.6 Å². The van der Waals surface area contributed by atoms with E-state index in [0.717, 1.165) is 38.8 Å². The molecular formula is C17H21BrN4O. The predicted octanol–water partition coefficient (Wildman–Crippen LogP) is 4.12. The molecule has 3 rings (SSSR count). The highest BCUT2D eigenvalue weighted by Crippen LogP contribution is 2.32. The van der Waals surface area contributed by atoms with Crippen LogP contribution >= 0.6 is 15.9 Å². The molecule has 2 heterocycles. The topological polar surface area (TPSA) is 66.0 Å². The number of para-hydroxylation sites is 1. The first kappa shape index (κ1) is 16.2. The number of imidazole rings is 1. The molecule has 0 aliphatic carbocycles. The molecule has 3 aromatic rings. The smallest absolute Gasteiger partial charge is 0.152 e. The Bertz CT molecular complexity index is 857. The van der Waals surface area contributed by atoms with Crippen molar-refractivity contribution in [2.45, 2.75) is 33.9 Å². The lowest BCUT2D eigenvalue weighted by molar-refractivity contribution is 0.125. The molecule has 0 saturated carbocycles. The minimum atomic E-state index is 0.458. The Morgan fingerprint density at radius 3 is 2.74 bits per heavy atom. The average Bonchev–Trinajstić information content (AvgIpc) is 2.85. The molecule has 6 heteroatoms. The lowest BCUT2D eigenvalue weighted by Gasteiger charge is -2.13. The van der Waals surface area contributed by atoms with Crippen LogP contribution in [0, 0.1) is 5.92 Å². The van der Waals surface area contributed by atoms with Crippen molar-refractivity contribution in [2.24, 2.45) is 5.92 Å². The van der Waals surface area contributed by atoms with Gasteiger partial charge in [0.1, 0.15) is 17.9 Å². The van der Waals surface area contributed by atoms with Gasteiger partial charge in [-0.2, -0.15) is 0 Å². The van der Waals surface area contributed by atoms with Crippen LogP contribution in [0.3, 0.4) is 0 Å². The van der Waals surface area contributed by atoms with Gasteiger partial charge in [-0.05, 0) is 34.8 Å². The number of halogens is 1. The van der Waals surface area contributed by atoms with Gasteiger partial charge in [0.15, 0.2) is 5.82 Å². The summed E-state index contributed by atoms with van der Waals surface area (Å²) in [5, 5.41) is 1.06. The van der Waals surface area contributed by atoms with Crippen molar-refractivity contribution in [1.29, 1.82) is 0 Å². The molecule has 2 N–H and O–H groups in total. The molecule has 0 amide bonds. The quantitative estimate of drug-likeness (QED) is 0.726. The van der Waals surface area contributed by atoms with Crippen LogP contribution in [-0.2, 0) is 17.9 Å². The average molecular weight is 377 g/mol. The summed E-state index contributed by atoms with van der Waals surface area (Å²) in [6.07, 6.45) is 0. The number of anilines is 1. The van der Waals surface area contributed by atoms with Gasteiger partial charge in [0, 0.05) is 23.0 Å². The van der Waals surface area contributed by atoms with Crippen molar-refractivity contribution in [3.63, 3.8) is 0 Å². The molecule has 0 atom stereocenters. The highest BCUT2D eigenvalue weighted by atomic mass is 79.9. The molecule has 0 radical (unpaired) electrons. The van der Waals surface area contributed by atoms with Crippen LogP contribution in [0.5, 0.6) is 0 Å². The number of hydrogen-bond donors (Lipinski definition) is 1. The van der Waals surface area contributed by atoms with E-state index < -0.39 is 0 Å². The lowest BCUT2D eigenvalue weighted by Crippen LogP contribution is -2.10. The second-order valence-electron chi connectivity index (χ2n) is 6.00. The standard InChI is InChI=1S/C17H21BrN4O/c1-4-23-9-13-20-15-16(22(13)8-10(2)3)11-6-5-7-12(18)14(11)21-17(15)19/h5-7,10H,4,8-9H2,1-3H3,(H2,19,21). The van der Waals surface area contributed by atoms with Gasteiger partial charge < -0.3 is 15.0 Å². The summed E-state index contributed by atoms with van der Waals surface area (Å²) in [4.78, 5) is 9.25. The number of ether oxygens (including phenoxy) is 1. The zero-order chi connectivity index (χ0) is 16.6. The molecule has 122 valence electrons. The fourth-order valence-electron chi connectivity index (χ4n) is 2.81. The summed E-state index contributed by atoms with van der Waals surface area (Å²) in [5.41, 5.74) is 8.84. The highest BCUT2D eigenvalue weighted by Gasteiger charge is 2.18. The van der Waals surface area contributed by atoms with Crippen LogP contribution in [-0.4, -0.2) is 21.1 Å². The summed E-state index contributed by atoms with van der Waals surface area (Å²) in [5.74, 6) is 1.85. The van der Waals surface area contributed by atoms with Crippen molar-refractivity contribution < 1.29 is 4.74 Å². The largest absolute Gasteiger partial charge is 0.382 e. The maximum absolute atomic E-state index is 6.18. The van der Waals surface area contributed by atoms with Gasteiger partial charge in [0.05, 0.1) is 11.0 Å². The molecule has 1 aromatic carbocycles. The summed E-state index contributed by atoms with van der Waals surface area (Å²) in [6.45, 7) is 8.37. The van der Waals surface area contributed by atoms with Gasteiger partial charge in [-0.15, -0.1) is 0 Å². The zero-order valence-electron chi connectivity index (χ0n) is 13.6. The van der Waals surface area contributed by atoms with Gasteiger partial charge in [-0.1, -0.05) is 26.0 Å². The fraction of sp³-hybridized carbons (Fsp3) is 0.412. The third-order valence-electron chi connectivity index (χ3n) is 3.75. The van der Waals surface area contributed by atoms with Gasteiger partial charge >= 0.3 is 0 Å². The number of aromatic nitrogens is 3.